The van der Waals surface area contributed by atoms with Gasteiger partial charge in [0, 0.05) is 11.0 Å². The van der Waals surface area contributed by atoms with Crippen LogP contribution in [0, 0.1) is 5.41 Å². The number of carbonyl (C=O) groups excluding carboxylic acids is 1. The summed E-state index contributed by atoms with van der Waals surface area (Å²) in [6, 6.07) is 49.5. The topological polar surface area (TPSA) is 152 Å². The highest BCUT2D eigenvalue weighted by Gasteiger charge is 2.85. The number of nitrogens with zero attached hydrogens (tertiary/aromatic N) is 4. The number of nitrogens with one attached hydrogen (secondary N) is 1. The SMILES string of the molecule is CC(C)(C[C@]12C[C@@]1(O[Si](c1ccccc1)(c1ccccc1)C(C)(C)C)[C@@H]([C@@H](O)CO)O[C@H]2n1cnc2c(NC(=O)c3ccccc3)ncnc21)[Si](O)(c1ccccc1)c1ccccc1. The number of anilines is 1. The third-order valence-electron chi connectivity index (χ3n) is 13.8. The van der Waals surface area contributed by atoms with Crippen molar-refractivity contribution in [1.29, 1.82) is 0 Å². The molecule has 0 spiro atoms. The van der Waals surface area contributed by atoms with Gasteiger partial charge in [-0.1, -0.05) is 174 Å². The number of carbonyl (C=O) groups is 1. The van der Waals surface area contributed by atoms with Gasteiger partial charge in [-0.25, -0.2) is 15.0 Å². The van der Waals surface area contributed by atoms with E-state index in [9.17, 15) is 19.8 Å². The molecule has 11 nitrogen and oxygen atoms in total. The van der Waals surface area contributed by atoms with Crippen LogP contribution >= 0.6 is 0 Å². The maximum absolute atomic E-state index is 13.7. The van der Waals surface area contributed by atoms with E-state index in [1.807, 2.05) is 108 Å². The highest BCUT2D eigenvalue weighted by molar-refractivity contribution is 7.00. The molecule has 1 aliphatic carbocycles. The molecular weight excluding hydrogens is 835 g/mol. The van der Waals surface area contributed by atoms with Crippen LogP contribution in [-0.4, -0.2) is 81.5 Å². The molecule has 0 unspecified atom stereocenters. The summed E-state index contributed by atoms with van der Waals surface area (Å²) in [7, 11) is -7.06. The normalized spacial score (nSPS) is 21.6. The maximum atomic E-state index is 13.7. The first kappa shape index (κ1) is 43.6. The number of rotatable bonds is 14. The van der Waals surface area contributed by atoms with Crippen molar-refractivity contribution in [3.8, 4) is 0 Å². The smallest absolute Gasteiger partial charge is 0.261 e. The molecule has 4 N–H and O–H groups in total. The molecule has 1 saturated carbocycles. The minimum Gasteiger partial charge on any atom is -0.424 e. The van der Waals surface area contributed by atoms with Crippen LogP contribution in [0.4, 0.5) is 5.82 Å². The number of hydrogen-bond acceptors (Lipinski definition) is 9. The Balaban J connectivity index is 1.27. The van der Waals surface area contributed by atoms with Gasteiger partial charge in [-0.3, -0.25) is 9.36 Å². The Morgan fingerprint density at radius 2 is 1.28 bits per heavy atom. The van der Waals surface area contributed by atoms with Gasteiger partial charge >= 0.3 is 0 Å². The monoisotopic (exact) mass is 889 g/mol. The number of ether oxygens (including phenoxy) is 1. The highest BCUT2D eigenvalue weighted by Crippen LogP contribution is 2.78. The van der Waals surface area contributed by atoms with Crippen molar-refractivity contribution in [2.75, 3.05) is 11.9 Å². The second kappa shape index (κ2) is 16.4. The molecular formula is C51H55N5O6Si2. The van der Waals surface area contributed by atoms with Gasteiger partial charge in [0.1, 0.15) is 24.8 Å². The van der Waals surface area contributed by atoms with Crippen molar-refractivity contribution in [2.45, 2.75) is 81.6 Å². The third-order valence-corrected chi connectivity index (χ3v) is 23.3. The van der Waals surface area contributed by atoms with E-state index in [1.165, 1.54) is 6.33 Å². The molecule has 13 heteroatoms. The standard InChI is InChI=1S/C51H55N5O6Si2/c1-48(2,3)64(39-27-17-9-18-28-39,40-29-19-10-20-30-40)62-51-33-50(51,32-49(4,5)63(60,37-23-13-7-14-24-37)38-25-15-8-16-26-38)47(61-43(51)41(58)31-57)56-35-54-42-44(52-34-53-45(42)56)55-46(59)36-21-11-6-12-22-36/h6-30,34-35,41,43,47,57-58,60H,31-33H2,1-5H3,(H,52,53,55,59)/t41-,43+,47+,50+,51+/m0/s1. The first-order valence-electron chi connectivity index (χ1n) is 21.9. The molecule has 5 atom stereocenters. The van der Waals surface area contributed by atoms with E-state index in [1.54, 1.807) is 30.6 Å². The molecule has 1 amide bonds. The lowest BCUT2D eigenvalue weighted by molar-refractivity contribution is -0.123. The van der Waals surface area contributed by atoms with E-state index >= 15 is 0 Å². The zero-order valence-corrected chi connectivity index (χ0v) is 38.8. The summed E-state index contributed by atoms with van der Waals surface area (Å²) in [5.41, 5.74) is -0.912. The van der Waals surface area contributed by atoms with Gasteiger partial charge in [0.2, 0.25) is 0 Å². The Bertz CT molecular complexity index is 2660. The zero-order valence-electron chi connectivity index (χ0n) is 36.8. The molecule has 1 aliphatic heterocycles. The van der Waals surface area contributed by atoms with Crippen LogP contribution in [0.25, 0.3) is 11.2 Å². The highest BCUT2D eigenvalue weighted by atomic mass is 28.4. The Labute approximate surface area is 376 Å². The van der Waals surface area contributed by atoms with Crippen molar-refractivity contribution in [1.82, 2.24) is 19.5 Å². The second-order valence-electron chi connectivity index (χ2n) is 19.0. The van der Waals surface area contributed by atoms with Crippen LogP contribution in [0.2, 0.25) is 10.1 Å². The molecule has 9 rings (SSSR count). The lowest BCUT2D eigenvalue weighted by Gasteiger charge is -2.48. The fraction of sp³-hybridized carbons (Fsp3) is 0.294. The second-order valence-corrected chi connectivity index (χ2v) is 27.2. The van der Waals surface area contributed by atoms with E-state index in [0.29, 0.717) is 29.6 Å². The number of hydrogen-bond donors (Lipinski definition) is 4. The Hall–Kier alpha value is -5.65. The predicted molar refractivity (Wildman–Crippen MR) is 254 cm³/mol. The fourth-order valence-electron chi connectivity index (χ4n) is 10.8. The molecule has 2 aromatic heterocycles. The lowest BCUT2D eigenvalue weighted by atomic mass is 9.87. The van der Waals surface area contributed by atoms with Crippen LogP contribution in [0.3, 0.4) is 0 Å². The molecule has 328 valence electrons. The largest absolute Gasteiger partial charge is 0.424 e. The van der Waals surface area contributed by atoms with Gasteiger partial charge < -0.3 is 29.5 Å². The average Bonchev–Trinajstić information content (AvgIpc) is 3.58. The molecule has 0 radical (unpaired) electrons. The summed E-state index contributed by atoms with van der Waals surface area (Å²) < 4.78 is 17.3. The van der Waals surface area contributed by atoms with Gasteiger partial charge in [-0.05, 0) is 55.8 Å². The van der Waals surface area contributed by atoms with E-state index < -0.39 is 62.8 Å². The first-order chi connectivity index (χ1) is 30.7. The number of imidazole rings is 1. The van der Waals surface area contributed by atoms with Crippen molar-refractivity contribution >= 4 is 60.3 Å². The summed E-state index contributed by atoms with van der Waals surface area (Å²) in [5.74, 6) is -0.111. The molecule has 0 bridgehead atoms. The van der Waals surface area contributed by atoms with Gasteiger partial charge in [-0.2, -0.15) is 0 Å². The number of aliphatic hydroxyl groups excluding tert-OH is 2. The van der Waals surface area contributed by atoms with Crippen LogP contribution in [-0.2, 0) is 9.16 Å². The molecule has 7 aromatic rings. The minimum atomic E-state index is -3.67. The maximum Gasteiger partial charge on any atom is 0.261 e. The molecule has 2 fully saturated rings. The molecule has 2 aliphatic rings. The number of fused-ring (bicyclic) bond motifs is 2. The van der Waals surface area contributed by atoms with Crippen LogP contribution in [0.5, 0.6) is 0 Å². The van der Waals surface area contributed by atoms with Crippen LogP contribution in [0.1, 0.15) is 64.0 Å². The summed E-state index contributed by atoms with van der Waals surface area (Å²) in [6.07, 6.45) is 0.635. The Kier molecular flexibility index (Phi) is 11.2. The summed E-state index contributed by atoms with van der Waals surface area (Å²) in [6.45, 7) is 10.4. The fourth-order valence-corrected chi connectivity index (χ4v) is 19.5. The van der Waals surface area contributed by atoms with Gasteiger partial charge in [0.05, 0.1) is 18.5 Å². The molecule has 3 heterocycles. The molecule has 1 saturated heterocycles. The van der Waals surface area contributed by atoms with Crippen molar-refractivity contribution in [3.63, 3.8) is 0 Å². The van der Waals surface area contributed by atoms with Gasteiger partial charge in [0.25, 0.3) is 22.5 Å². The summed E-state index contributed by atoms with van der Waals surface area (Å²) in [4.78, 5) is 41.2. The summed E-state index contributed by atoms with van der Waals surface area (Å²) >= 11 is 0. The zero-order chi connectivity index (χ0) is 45.0. The minimum absolute atomic E-state index is 0.234. The predicted octanol–water partition coefficient (Wildman–Crippen LogP) is 5.96. The number of aliphatic hydroxyl groups is 2. The van der Waals surface area contributed by atoms with E-state index in [-0.39, 0.29) is 11.7 Å². The Morgan fingerprint density at radius 3 is 1.78 bits per heavy atom. The first-order valence-corrected chi connectivity index (χ1v) is 25.7. The number of aromatic nitrogens is 4. The van der Waals surface area contributed by atoms with E-state index in [2.05, 4.69) is 69.2 Å². The summed E-state index contributed by atoms with van der Waals surface area (Å²) in [5, 5.41) is 28.5. The van der Waals surface area contributed by atoms with Crippen molar-refractivity contribution < 1.29 is 29.0 Å². The van der Waals surface area contributed by atoms with Gasteiger partial charge in [0.15, 0.2) is 17.0 Å². The Morgan fingerprint density at radius 1 is 0.781 bits per heavy atom. The molecule has 5 aromatic carbocycles. The van der Waals surface area contributed by atoms with Crippen molar-refractivity contribution in [3.05, 3.63) is 170 Å². The van der Waals surface area contributed by atoms with Crippen molar-refractivity contribution in [2.24, 2.45) is 5.41 Å². The van der Waals surface area contributed by atoms with Crippen LogP contribution < -0.4 is 26.1 Å². The third kappa shape index (κ3) is 6.89. The average molecular weight is 890 g/mol. The van der Waals surface area contributed by atoms with Gasteiger partial charge in [-0.15, -0.1) is 0 Å². The lowest BCUT2D eigenvalue weighted by Crippen LogP contribution is -2.70. The van der Waals surface area contributed by atoms with E-state index in [0.717, 1.165) is 20.7 Å². The number of amides is 1. The molecule has 64 heavy (non-hydrogen) atoms. The quantitative estimate of drug-likeness (QED) is 0.0971. The van der Waals surface area contributed by atoms with E-state index in [4.69, 9.17) is 19.1 Å². The number of benzene rings is 5. The van der Waals surface area contributed by atoms with Crippen LogP contribution in [0.15, 0.2) is 164 Å².